The van der Waals surface area contributed by atoms with Crippen molar-refractivity contribution in [3.05, 3.63) is 77.9 Å². The number of hydrogen-bond acceptors (Lipinski definition) is 4. The highest BCUT2D eigenvalue weighted by Crippen LogP contribution is 2.31. The van der Waals surface area contributed by atoms with Crippen LogP contribution in [0.3, 0.4) is 0 Å². The molecule has 4 nitrogen and oxygen atoms in total. The summed E-state index contributed by atoms with van der Waals surface area (Å²) in [6.07, 6.45) is 3.88. The SMILES string of the molecule is CCCCCOc1ccc(-c2ccc(OC(=O)Oc3ccc(CCC)cc3)cc2)c(F)c1F. The standard InChI is InChI=1S/C27H28F2O4/c1-3-5-6-18-31-24-17-16-23(25(28)26(24)29)20-10-14-22(15-11-20)33-27(30)32-21-12-8-19(7-4-2)9-13-21/h8-17H,3-7,18H2,1-2H3. The lowest BCUT2D eigenvalue weighted by Gasteiger charge is -2.11. The van der Waals surface area contributed by atoms with Crippen LogP contribution in [0, 0.1) is 11.6 Å². The molecule has 0 saturated carbocycles. The average Bonchev–Trinajstić information content (AvgIpc) is 2.81. The van der Waals surface area contributed by atoms with E-state index < -0.39 is 17.8 Å². The van der Waals surface area contributed by atoms with Gasteiger partial charge in [0.25, 0.3) is 0 Å². The van der Waals surface area contributed by atoms with Crippen LogP contribution in [0.4, 0.5) is 13.6 Å². The van der Waals surface area contributed by atoms with Gasteiger partial charge in [0.2, 0.25) is 5.82 Å². The minimum Gasteiger partial charge on any atom is -0.490 e. The van der Waals surface area contributed by atoms with Gasteiger partial charge in [0, 0.05) is 5.56 Å². The van der Waals surface area contributed by atoms with Gasteiger partial charge in [-0.05, 0) is 60.4 Å². The number of aryl methyl sites for hydroxylation is 1. The highest BCUT2D eigenvalue weighted by molar-refractivity contribution is 5.69. The largest absolute Gasteiger partial charge is 0.519 e. The molecule has 0 unspecified atom stereocenters. The molecule has 0 fully saturated rings. The maximum atomic E-state index is 14.6. The van der Waals surface area contributed by atoms with Gasteiger partial charge in [-0.15, -0.1) is 0 Å². The van der Waals surface area contributed by atoms with Crippen molar-refractivity contribution in [3.8, 4) is 28.4 Å². The molecule has 0 aliphatic rings. The Hall–Kier alpha value is -3.41. The molecule has 0 saturated heterocycles. The fourth-order valence-corrected chi connectivity index (χ4v) is 3.33. The molecule has 3 aromatic rings. The van der Waals surface area contributed by atoms with E-state index in [1.165, 1.54) is 24.3 Å². The molecule has 3 rings (SSSR count). The van der Waals surface area contributed by atoms with Crippen molar-refractivity contribution in [2.45, 2.75) is 46.0 Å². The third kappa shape index (κ3) is 6.78. The van der Waals surface area contributed by atoms with Crippen LogP contribution in [-0.4, -0.2) is 12.8 Å². The van der Waals surface area contributed by atoms with Crippen LogP contribution in [0.2, 0.25) is 0 Å². The lowest BCUT2D eigenvalue weighted by Crippen LogP contribution is -2.13. The summed E-state index contributed by atoms with van der Waals surface area (Å²) in [4.78, 5) is 12.0. The van der Waals surface area contributed by atoms with Crippen molar-refractivity contribution in [3.63, 3.8) is 0 Å². The van der Waals surface area contributed by atoms with E-state index >= 15 is 0 Å². The molecule has 0 bridgehead atoms. The number of hydrogen-bond donors (Lipinski definition) is 0. The highest BCUT2D eigenvalue weighted by Gasteiger charge is 2.16. The quantitative estimate of drug-likeness (QED) is 0.179. The van der Waals surface area contributed by atoms with E-state index in [2.05, 4.69) is 13.8 Å². The van der Waals surface area contributed by atoms with Crippen LogP contribution in [-0.2, 0) is 6.42 Å². The molecule has 0 radical (unpaired) electrons. The predicted octanol–water partition coefficient (Wildman–Crippen LogP) is 7.73. The number of ether oxygens (including phenoxy) is 3. The Bertz CT molecular complexity index is 1050. The van der Waals surface area contributed by atoms with E-state index in [4.69, 9.17) is 14.2 Å². The van der Waals surface area contributed by atoms with E-state index in [1.54, 1.807) is 24.3 Å². The summed E-state index contributed by atoms with van der Waals surface area (Å²) < 4.78 is 44.7. The molecular weight excluding hydrogens is 426 g/mol. The maximum absolute atomic E-state index is 14.6. The molecule has 0 spiro atoms. The lowest BCUT2D eigenvalue weighted by atomic mass is 10.0. The van der Waals surface area contributed by atoms with E-state index in [9.17, 15) is 13.6 Å². The van der Waals surface area contributed by atoms with E-state index in [-0.39, 0.29) is 17.1 Å². The third-order valence-electron chi connectivity index (χ3n) is 5.08. The Labute approximate surface area is 193 Å². The topological polar surface area (TPSA) is 44.8 Å². The first-order chi connectivity index (χ1) is 16.0. The number of carbonyl (C=O) groups is 1. The van der Waals surface area contributed by atoms with Gasteiger partial charge in [-0.25, -0.2) is 9.18 Å². The smallest absolute Gasteiger partial charge is 0.490 e. The van der Waals surface area contributed by atoms with E-state index in [0.717, 1.165) is 37.7 Å². The van der Waals surface area contributed by atoms with Crippen molar-refractivity contribution >= 4 is 6.16 Å². The van der Waals surface area contributed by atoms with Crippen LogP contribution in [0.15, 0.2) is 60.7 Å². The molecule has 6 heteroatoms. The number of carbonyl (C=O) groups excluding carboxylic acids is 1. The second-order valence-electron chi connectivity index (χ2n) is 7.67. The Morgan fingerprint density at radius 1 is 0.758 bits per heavy atom. The summed E-state index contributed by atoms with van der Waals surface area (Å²) in [5, 5.41) is 0. The number of benzene rings is 3. The third-order valence-corrected chi connectivity index (χ3v) is 5.08. The van der Waals surface area contributed by atoms with Crippen molar-refractivity contribution in [1.82, 2.24) is 0 Å². The Morgan fingerprint density at radius 2 is 1.39 bits per heavy atom. The summed E-state index contributed by atoms with van der Waals surface area (Å²) in [5.74, 6) is -1.49. The molecule has 0 aliphatic heterocycles. The molecule has 3 aromatic carbocycles. The van der Waals surface area contributed by atoms with Gasteiger partial charge in [0.1, 0.15) is 11.5 Å². The van der Waals surface area contributed by atoms with Crippen molar-refractivity contribution < 1.29 is 27.8 Å². The summed E-state index contributed by atoms with van der Waals surface area (Å²) >= 11 is 0. The average molecular weight is 455 g/mol. The molecule has 0 heterocycles. The first-order valence-electron chi connectivity index (χ1n) is 11.2. The molecule has 0 atom stereocenters. The van der Waals surface area contributed by atoms with E-state index in [1.807, 2.05) is 12.1 Å². The van der Waals surface area contributed by atoms with Gasteiger partial charge in [-0.2, -0.15) is 4.39 Å². The number of unbranched alkanes of at least 4 members (excludes halogenated alkanes) is 2. The van der Waals surface area contributed by atoms with Gasteiger partial charge in [0.15, 0.2) is 11.6 Å². The molecular formula is C27H28F2O4. The van der Waals surface area contributed by atoms with Crippen LogP contribution in [0.5, 0.6) is 17.2 Å². The Kier molecular flexibility index (Phi) is 8.81. The van der Waals surface area contributed by atoms with Gasteiger partial charge in [0.05, 0.1) is 6.61 Å². The number of rotatable bonds is 10. The maximum Gasteiger partial charge on any atom is 0.519 e. The lowest BCUT2D eigenvalue weighted by molar-refractivity contribution is 0.152. The minimum absolute atomic E-state index is 0.0923. The molecule has 0 N–H and O–H groups in total. The van der Waals surface area contributed by atoms with Gasteiger partial charge in [-0.1, -0.05) is 57.4 Å². The molecule has 0 aliphatic carbocycles. The van der Waals surface area contributed by atoms with Gasteiger partial charge < -0.3 is 14.2 Å². The van der Waals surface area contributed by atoms with Crippen LogP contribution in [0.25, 0.3) is 11.1 Å². The highest BCUT2D eigenvalue weighted by atomic mass is 19.2. The predicted molar refractivity (Wildman–Crippen MR) is 124 cm³/mol. The first kappa shape index (κ1) is 24.2. The summed E-state index contributed by atoms with van der Waals surface area (Å²) in [5.41, 5.74) is 1.69. The summed E-state index contributed by atoms with van der Waals surface area (Å²) in [6.45, 7) is 4.49. The zero-order valence-corrected chi connectivity index (χ0v) is 18.9. The zero-order chi connectivity index (χ0) is 23.6. The molecule has 0 amide bonds. The fraction of sp³-hybridized carbons (Fsp3) is 0.296. The summed E-state index contributed by atoms with van der Waals surface area (Å²) in [6, 6.07) is 16.2. The molecule has 0 aromatic heterocycles. The Balaban J connectivity index is 1.61. The van der Waals surface area contributed by atoms with Crippen molar-refractivity contribution in [2.24, 2.45) is 0 Å². The first-order valence-corrected chi connectivity index (χ1v) is 11.2. The van der Waals surface area contributed by atoms with Gasteiger partial charge in [-0.3, -0.25) is 0 Å². The van der Waals surface area contributed by atoms with Crippen molar-refractivity contribution in [2.75, 3.05) is 6.61 Å². The van der Waals surface area contributed by atoms with Gasteiger partial charge >= 0.3 is 6.16 Å². The Morgan fingerprint density at radius 3 is 2.00 bits per heavy atom. The van der Waals surface area contributed by atoms with E-state index in [0.29, 0.717) is 17.9 Å². The number of halogens is 2. The molecule has 174 valence electrons. The second kappa shape index (κ2) is 12.0. The molecule has 33 heavy (non-hydrogen) atoms. The van der Waals surface area contributed by atoms with Crippen LogP contribution < -0.4 is 14.2 Å². The minimum atomic E-state index is -1.02. The van der Waals surface area contributed by atoms with Crippen LogP contribution in [0.1, 0.15) is 45.1 Å². The normalized spacial score (nSPS) is 10.7. The van der Waals surface area contributed by atoms with Crippen molar-refractivity contribution in [1.29, 1.82) is 0 Å². The zero-order valence-electron chi connectivity index (χ0n) is 18.9. The monoisotopic (exact) mass is 454 g/mol. The van der Waals surface area contributed by atoms with Crippen LogP contribution >= 0.6 is 0 Å². The summed E-state index contributed by atoms with van der Waals surface area (Å²) in [7, 11) is 0. The fourth-order valence-electron chi connectivity index (χ4n) is 3.33. The second-order valence-corrected chi connectivity index (χ2v) is 7.67.